The Hall–Kier alpha value is -3.57. The summed E-state index contributed by atoms with van der Waals surface area (Å²) >= 11 is 0. The van der Waals surface area contributed by atoms with Crippen molar-refractivity contribution in [2.45, 2.75) is 155 Å². The molecular weight excluding hydrogens is 797 g/mol. The molecule has 5 N–H and O–H groups in total. The minimum absolute atomic E-state index is 0.0248. The van der Waals surface area contributed by atoms with Crippen molar-refractivity contribution in [3.8, 4) is 0 Å². The molecule has 1 aliphatic heterocycles. The number of carbonyl (C=O) groups excluding carboxylic acids is 5. The molecule has 348 valence electrons. The van der Waals surface area contributed by atoms with Crippen molar-refractivity contribution in [2.75, 3.05) is 41.4 Å². The highest BCUT2D eigenvalue weighted by Gasteiger charge is 2.43. The second kappa shape index (κ2) is 24.9. The first-order chi connectivity index (χ1) is 28.5. The summed E-state index contributed by atoms with van der Waals surface area (Å²) in [4.78, 5) is 84.3. The number of aliphatic hydroxyl groups excluding tert-OH is 1. The number of benzene rings is 1. The molecule has 15 nitrogen and oxygen atoms in total. The Morgan fingerprint density at radius 3 is 2.05 bits per heavy atom. The summed E-state index contributed by atoms with van der Waals surface area (Å²) in [5.74, 6) is -2.56. The van der Waals surface area contributed by atoms with Crippen LogP contribution in [0.4, 0.5) is 4.79 Å². The van der Waals surface area contributed by atoms with Gasteiger partial charge < -0.3 is 50.0 Å². The average Bonchev–Trinajstić information content (AvgIpc) is 3.70. The number of amides is 6. The number of ether oxygens (including phenoxy) is 2. The number of methoxy groups -OCH3 is 2. The summed E-state index contributed by atoms with van der Waals surface area (Å²) in [6.07, 6.45) is 0.451. The summed E-state index contributed by atoms with van der Waals surface area (Å²) in [5, 5.41) is 19.6. The van der Waals surface area contributed by atoms with Gasteiger partial charge in [-0.05, 0) is 68.6 Å². The molecule has 0 aromatic heterocycles. The molecule has 1 fully saturated rings. The van der Waals surface area contributed by atoms with Gasteiger partial charge in [0.2, 0.25) is 23.6 Å². The van der Waals surface area contributed by atoms with Crippen LogP contribution in [0.15, 0.2) is 30.3 Å². The lowest BCUT2D eigenvalue weighted by molar-refractivity contribution is -0.148. The summed E-state index contributed by atoms with van der Waals surface area (Å²) in [5.41, 5.74) is 0.695. The molecule has 0 bridgehead atoms. The zero-order valence-electron chi connectivity index (χ0n) is 39.6. The van der Waals surface area contributed by atoms with Gasteiger partial charge in [-0.3, -0.25) is 19.2 Å². The van der Waals surface area contributed by atoms with Gasteiger partial charge in [0, 0.05) is 41.4 Å². The van der Waals surface area contributed by atoms with Crippen molar-refractivity contribution in [2.24, 2.45) is 23.7 Å². The first-order valence-corrected chi connectivity index (χ1v) is 25.4. The Balaban J connectivity index is 2.25. The lowest BCUT2D eigenvalue weighted by Gasteiger charge is -2.41. The molecule has 0 spiro atoms. The van der Waals surface area contributed by atoms with Crippen LogP contribution in [0.25, 0.3) is 0 Å². The highest BCUT2D eigenvalue weighted by atomic mass is 28.4. The van der Waals surface area contributed by atoms with E-state index in [4.69, 9.17) is 9.47 Å². The van der Waals surface area contributed by atoms with Crippen LogP contribution < -0.4 is 16.0 Å². The van der Waals surface area contributed by atoms with Crippen molar-refractivity contribution >= 4 is 38.0 Å². The van der Waals surface area contributed by atoms with Crippen molar-refractivity contribution in [1.29, 1.82) is 0 Å². The Bertz CT molecular complexity index is 1550. The number of nitrogens with one attached hydrogen (secondary N) is 3. The van der Waals surface area contributed by atoms with Gasteiger partial charge in [0.25, 0.3) is 0 Å². The third-order valence-electron chi connectivity index (χ3n) is 12.4. The van der Waals surface area contributed by atoms with Crippen molar-refractivity contribution in [3.63, 3.8) is 0 Å². The number of nitrogens with zero attached hydrogens (tertiary/aromatic N) is 3. The number of likely N-dealkylation sites (N-methyl/N-ethyl adjacent to an activating group) is 2. The molecule has 1 heterocycles. The summed E-state index contributed by atoms with van der Waals surface area (Å²) in [6, 6.07) is 6.10. The molecule has 1 aromatic carbocycles. The van der Waals surface area contributed by atoms with Crippen LogP contribution in [-0.4, -0.2) is 146 Å². The highest BCUT2D eigenvalue weighted by Crippen LogP contribution is 2.30. The fourth-order valence-electron chi connectivity index (χ4n) is 8.54. The molecule has 2 rings (SSSR count). The van der Waals surface area contributed by atoms with Gasteiger partial charge in [-0.1, -0.05) is 85.2 Å². The SMILES string of the molecule is CCC(C)C(C(CC(=O)N1CCC[C@@H]1C(OC)C(C)C(=O)NC(C)C(O)c1ccccc1)OC)N(C)C(=O)C(NC(=O)C(C(C)C)N(C)C(=O)NCCC[Si](C)(C)O)C(C)C. The maximum absolute atomic E-state index is 14.5. The Labute approximate surface area is 367 Å². The number of hydrogen-bond acceptors (Lipinski definition) is 9. The topological polar surface area (TPSA) is 190 Å². The Morgan fingerprint density at radius 2 is 1.52 bits per heavy atom. The fourth-order valence-corrected chi connectivity index (χ4v) is 9.59. The van der Waals surface area contributed by atoms with Gasteiger partial charge in [-0.15, -0.1) is 0 Å². The first-order valence-electron chi connectivity index (χ1n) is 22.2. The standard InChI is InChI=1S/C45H80N6O9Si/c1-15-30(6)39(49(9)44(56)37(28(2)3)48-43(55)38(29(4)5)50(10)45(57)46-24-20-26-61(13,14)58)35(59-11)27-36(52)51-25-19-23-34(51)41(60-12)31(7)42(54)47-32(8)40(53)33-21-17-16-18-22-33/h16-18,21-22,28-32,34-35,37-41,53,58H,15,19-20,23-27H2,1-14H3,(H,46,57)(H,47,54)(H,48,55)/t30?,31?,32?,34-,35?,37?,38?,39?,40?,41?/m1/s1. The van der Waals surface area contributed by atoms with Gasteiger partial charge in [0.1, 0.15) is 12.1 Å². The van der Waals surface area contributed by atoms with E-state index in [2.05, 4.69) is 16.0 Å². The molecule has 0 saturated carbocycles. The minimum Gasteiger partial charge on any atom is -0.432 e. The van der Waals surface area contributed by atoms with Crippen molar-refractivity contribution in [1.82, 2.24) is 30.7 Å². The number of aliphatic hydroxyl groups is 1. The van der Waals surface area contributed by atoms with E-state index < -0.39 is 68.7 Å². The van der Waals surface area contributed by atoms with Crippen LogP contribution in [0.1, 0.15) is 99.2 Å². The monoisotopic (exact) mass is 877 g/mol. The number of likely N-dealkylation sites (tertiary alicyclic amines) is 1. The largest absolute Gasteiger partial charge is 0.432 e. The van der Waals surface area contributed by atoms with E-state index in [9.17, 15) is 33.9 Å². The second-order valence-corrected chi connectivity index (χ2v) is 22.5. The summed E-state index contributed by atoms with van der Waals surface area (Å²) < 4.78 is 12.0. The Morgan fingerprint density at radius 1 is 0.902 bits per heavy atom. The molecule has 61 heavy (non-hydrogen) atoms. The normalized spacial score (nSPS) is 18.9. The molecule has 9 unspecified atom stereocenters. The second-order valence-electron chi connectivity index (χ2n) is 18.4. The van der Waals surface area contributed by atoms with Crippen LogP contribution in [0.3, 0.4) is 0 Å². The molecule has 0 aliphatic carbocycles. The molecule has 6 amide bonds. The summed E-state index contributed by atoms with van der Waals surface area (Å²) in [6.45, 7) is 19.5. The molecular formula is C45H80N6O9Si. The lowest BCUT2D eigenvalue weighted by atomic mass is 9.89. The van der Waals surface area contributed by atoms with Gasteiger partial charge in [0.05, 0.1) is 48.8 Å². The zero-order valence-corrected chi connectivity index (χ0v) is 40.6. The minimum atomic E-state index is -2.25. The molecule has 0 radical (unpaired) electrons. The molecule has 10 atom stereocenters. The van der Waals surface area contributed by atoms with E-state index in [1.807, 2.05) is 85.0 Å². The van der Waals surface area contributed by atoms with Crippen molar-refractivity contribution < 1.29 is 43.3 Å². The predicted molar refractivity (Wildman–Crippen MR) is 241 cm³/mol. The van der Waals surface area contributed by atoms with Crippen LogP contribution in [0.5, 0.6) is 0 Å². The number of carbonyl (C=O) groups is 5. The molecule has 1 saturated heterocycles. The van der Waals surface area contributed by atoms with Crippen LogP contribution in [-0.2, 0) is 28.7 Å². The quantitative estimate of drug-likeness (QED) is 0.0734. The third-order valence-corrected chi connectivity index (χ3v) is 13.9. The average molecular weight is 877 g/mol. The smallest absolute Gasteiger partial charge is 0.317 e. The third kappa shape index (κ3) is 15.3. The van der Waals surface area contributed by atoms with Gasteiger partial charge in [-0.2, -0.15) is 0 Å². The summed E-state index contributed by atoms with van der Waals surface area (Å²) in [7, 11) is 4.07. The van der Waals surface area contributed by atoms with E-state index in [-0.39, 0.29) is 47.9 Å². The lowest BCUT2D eigenvalue weighted by Crippen LogP contribution is -2.61. The zero-order chi connectivity index (χ0) is 46.4. The van der Waals surface area contributed by atoms with E-state index in [1.165, 1.54) is 19.1 Å². The number of hydrogen-bond donors (Lipinski definition) is 5. The Kier molecular flexibility index (Phi) is 21.9. The first kappa shape index (κ1) is 53.6. The van der Waals surface area contributed by atoms with E-state index in [0.717, 1.165) is 6.42 Å². The fraction of sp³-hybridized carbons (Fsp3) is 0.756. The van der Waals surface area contributed by atoms with Crippen LogP contribution in [0, 0.1) is 23.7 Å². The van der Waals surface area contributed by atoms with E-state index in [0.29, 0.717) is 44.0 Å². The molecule has 1 aliphatic rings. The van der Waals surface area contributed by atoms with Crippen LogP contribution >= 0.6 is 0 Å². The van der Waals surface area contributed by atoms with Crippen LogP contribution in [0.2, 0.25) is 19.1 Å². The van der Waals surface area contributed by atoms with Gasteiger partial charge in [-0.25, -0.2) is 4.79 Å². The predicted octanol–water partition coefficient (Wildman–Crippen LogP) is 4.54. The van der Waals surface area contributed by atoms with E-state index in [1.54, 1.807) is 37.7 Å². The van der Waals surface area contributed by atoms with Gasteiger partial charge in [0.15, 0.2) is 8.32 Å². The molecule has 16 heteroatoms. The van der Waals surface area contributed by atoms with Gasteiger partial charge >= 0.3 is 6.03 Å². The number of rotatable bonds is 24. The maximum atomic E-state index is 14.5. The maximum Gasteiger partial charge on any atom is 0.317 e. The number of urea groups is 1. The van der Waals surface area contributed by atoms with Crippen molar-refractivity contribution in [3.05, 3.63) is 35.9 Å². The molecule has 1 aromatic rings. The van der Waals surface area contributed by atoms with E-state index >= 15 is 0 Å². The highest BCUT2D eigenvalue weighted by molar-refractivity contribution is 6.69.